The van der Waals surface area contributed by atoms with E-state index in [1.807, 2.05) is 0 Å². The average Bonchev–Trinajstić information content (AvgIpc) is 1.58. The summed E-state index contributed by atoms with van der Waals surface area (Å²) in [6.07, 6.45) is 0. The van der Waals surface area contributed by atoms with Gasteiger partial charge in [-0.15, -0.1) is 0 Å². The number of nitro groups is 1. The first-order valence-electron chi connectivity index (χ1n) is 2.81. The van der Waals surface area contributed by atoms with Gasteiger partial charge in [0.05, 0.1) is 5.25 Å². The van der Waals surface area contributed by atoms with Crippen molar-refractivity contribution in [2.45, 2.75) is 19.1 Å². The fourth-order valence-electron chi connectivity index (χ4n) is 0.531. The highest BCUT2D eigenvalue weighted by atomic mass is 32.2. The van der Waals surface area contributed by atoms with Crippen LogP contribution in [0.1, 0.15) is 13.8 Å². The molecule has 1 atom stereocenters. The van der Waals surface area contributed by atoms with Crippen molar-refractivity contribution in [3.8, 4) is 0 Å². The SMILES string of the molecule is CC(=O)S[C@H](C)C[N+](=O)[O-]. The van der Waals surface area contributed by atoms with Crippen LogP contribution in [0.5, 0.6) is 0 Å². The molecule has 0 aliphatic heterocycles. The second-order valence-corrected chi connectivity index (χ2v) is 3.55. The quantitative estimate of drug-likeness (QED) is 0.458. The minimum Gasteiger partial charge on any atom is -0.288 e. The van der Waals surface area contributed by atoms with Gasteiger partial charge < -0.3 is 0 Å². The van der Waals surface area contributed by atoms with Crippen molar-refractivity contribution in [3.05, 3.63) is 10.1 Å². The highest BCUT2D eigenvalue weighted by molar-refractivity contribution is 8.14. The normalized spacial score (nSPS) is 12.6. The molecule has 0 aromatic heterocycles. The van der Waals surface area contributed by atoms with Gasteiger partial charge in [-0.3, -0.25) is 14.9 Å². The molecule has 0 aromatic rings. The predicted octanol–water partition coefficient (Wildman–Crippen LogP) is 0.931. The van der Waals surface area contributed by atoms with Crippen molar-refractivity contribution in [1.29, 1.82) is 0 Å². The number of hydrogen-bond donors (Lipinski definition) is 0. The van der Waals surface area contributed by atoms with Crippen LogP contribution in [0.3, 0.4) is 0 Å². The summed E-state index contributed by atoms with van der Waals surface area (Å²) in [5, 5.41) is 9.58. The lowest BCUT2D eigenvalue weighted by Crippen LogP contribution is -2.13. The number of hydrogen-bond acceptors (Lipinski definition) is 4. The molecule has 0 saturated carbocycles. The van der Waals surface area contributed by atoms with Gasteiger partial charge in [-0.1, -0.05) is 11.8 Å². The van der Waals surface area contributed by atoms with Gasteiger partial charge >= 0.3 is 0 Å². The van der Waals surface area contributed by atoms with Crippen LogP contribution >= 0.6 is 11.8 Å². The highest BCUT2D eigenvalue weighted by Gasteiger charge is 2.11. The first-order chi connectivity index (χ1) is 4.52. The molecule has 0 aromatic carbocycles. The van der Waals surface area contributed by atoms with Crippen molar-refractivity contribution in [2.75, 3.05) is 6.54 Å². The Balaban J connectivity index is 3.53. The molecule has 0 saturated heterocycles. The molecule has 4 nitrogen and oxygen atoms in total. The molecule has 0 N–H and O–H groups in total. The van der Waals surface area contributed by atoms with Crippen LogP contribution in [0, 0.1) is 10.1 Å². The molecule has 58 valence electrons. The molecule has 0 fully saturated rings. The Morgan fingerprint density at radius 3 is 2.60 bits per heavy atom. The van der Waals surface area contributed by atoms with Crippen molar-refractivity contribution in [1.82, 2.24) is 0 Å². The Hall–Kier alpha value is -0.580. The van der Waals surface area contributed by atoms with Gasteiger partial charge in [-0.2, -0.15) is 0 Å². The third-order valence-electron chi connectivity index (χ3n) is 0.773. The fourth-order valence-corrected chi connectivity index (χ4v) is 1.29. The van der Waals surface area contributed by atoms with E-state index in [1.54, 1.807) is 6.92 Å². The zero-order valence-electron chi connectivity index (χ0n) is 5.86. The van der Waals surface area contributed by atoms with E-state index >= 15 is 0 Å². The van der Waals surface area contributed by atoms with E-state index in [9.17, 15) is 14.9 Å². The van der Waals surface area contributed by atoms with Crippen LogP contribution in [-0.4, -0.2) is 21.8 Å². The van der Waals surface area contributed by atoms with Crippen LogP contribution in [-0.2, 0) is 4.79 Å². The summed E-state index contributed by atoms with van der Waals surface area (Å²) in [5.74, 6) is 0. The maximum Gasteiger partial charge on any atom is 0.215 e. The third-order valence-corrected chi connectivity index (χ3v) is 1.66. The minimum absolute atomic E-state index is 0.0747. The molecule has 0 heterocycles. The maximum atomic E-state index is 10.4. The van der Waals surface area contributed by atoms with E-state index in [0.717, 1.165) is 11.8 Å². The lowest BCUT2D eigenvalue weighted by atomic mass is 10.5. The summed E-state index contributed by atoms with van der Waals surface area (Å²) in [5.41, 5.74) is 0. The first-order valence-corrected chi connectivity index (χ1v) is 3.69. The standard InChI is InChI=1S/C5H9NO3S/c1-4(3-6(8)9)10-5(2)7/h4H,3H2,1-2H3/t4-/m1/s1. The van der Waals surface area contributed by atoms with E-state index in [-0.39, 0.29) is 16.9 Å². The van der Waals surface area contributed by atoms with E-state index in [2.05, 4.69) is 0 Å². The van der Waals surface area contributed by atoms with Crippen LogP contribution in [0.4, 0.5) is 0 Å². The average molecular weight is 163 g/mol. The summed E-state index contributed by atoms with van der Waals surface area (Å²) in [6.45, 7) is 2.92. The Morgan fingerprint density at radius 1 is 1.80 bits per heavy atom. The lowest BCUT2D eigenvalue weighted by Gasteiger charge is -2.00. The van der Waals surface area contributed by atoms with Gasteiger partial charge in [-0.05, 0) is 6.92 Å². The second kappa shape index (κ2) is 4.27. The van der Waals surface area contributed by atoms with Crippen molar-refractivity contribution in [3.63, 3.8) is 0 Å². The second-order valence-electron chi connectivity index (χ2n) is 1.94. The number of carbonyl (C=O) groups excluding carboxylic acids is 1. The van der Waals surface area contributed by atoms with Gasteiger partial charge in [0.25, 0.3) is 0 Å². The van der Waals surface area contributed by atoms with Crippen LogP contribution in [0.15, 0.2) is 0 Å². The van der Waals surface area contributed by atoms with Crippen LogP contribution < -0.4 is 0 Å². The number of rotatable bonds is 3. The molecule has 0 spiro atoms. The molecular formula is C5H9NO3S. The molecule has 0 aliphatic carbocycles. The molecule has 0 rings (SSSR count). The van der Waals surface area contributed by atoms with E-state index in [1.165, 1.54) is 6.92 Å². The predicted molar refractivity (Wildman–Crippen MR) is 39.6 cm³/mol. The summed E-state index contributed by atoms with van der Waals surface area (Å²) < 4.78 is 0. The van der Waals surface area contributed by atoms with Crippen molar-refractivity contribution >= 4 is 16.9 Å². The topological polar surface area (TPSA) is 60.2 Å². The van der Waals surface area contributed by atoms with Gasteiger partial charge in [0.15, 0.2) is 5.12 Å². The molecule has 0 aliphatic rings. The molecular weight excluding hydrogens is 154 g/mol. The first kappa shape index (κ1) is 9.42. The Kier molecular flexibility index (Phi) is 4.02. The summed E-state index contributed by atoms with van der Waals surface area (Å²) in [4.78, 5) is 19.8. The molecule has 10 heavy (non-hydrogen) atoms. The van der Waals surface area contributed by atoms with E-state index in [4.69, 9.17) is 0 Å². The van der Waals surface area contributed by atoms with Gasteiger partial charge in [0.2, 0.25) is 6.54 Å². The highest BCUT2D eigenvalue weighted by Crippen LogP contribution is 2.10. The van der Waals surface area contributed by atoms with Crippen LogP contribution in [0.2, 0.25) is 0 Å². The van der Waals surface area contributed by atoms with Crippen LogP contribution in [0.25, 0.3) is 0 Å². The molecule has 0 unspecified atom stereocenters. The fraction of sp³-hybridized carbons (Fsp3) is 0.800. The zero-order valence-corrected chi connectivity index (χ0v) is 6.68. The Morgan fingerprint density at radius 2 is 2.30 bits per heavy atom. The summed E-state index contributed by atoms with van der Waals surface area (Å²) in [7, 11) is 0. The lowest BCUT2D eigenvalue weighted by molar-refractivity contribution is -0.478. The molecule has 0 radical (unpaired) electrons. The van der Waals surface area contributed by atoms with E-state index in [0.29, 0.717) is 0 Å². The molecule has 0 amide bonds. The largest absolute Gasteiger partial charge is 0.288 e. The summed E-state index contributed by atoms with van der Waals surface area (Å²) >= 11 is 1.00. The van der Waals surface area contributed by atoms with Gasteiger partial charge in [0, 0.05) is 11.8 Å². The zero-order chi connectivity index (χ0) is 8.15. The minimum atomic E-state index is -0.416. The maximum absolute atomic E-state index is 10.4. The van der Waals surface area contributed by atoms with Crippen molar-refractivity contribution < 1.29 is 9.72 Å². The Labute approximate surface area is 63.1 Å². The van der Waals surface area contributed by atoms with E-state index < -0.39 is 4.92 Å². The van der Waals surface area contributed by atoms with Gasteiger partial charge in [-0.25, -0.2) is 0 Å². The number of nitrogens with zero attached hydrogens (tertiary/aromatic N) is 1. The number of thioether (sulfide) groups is 1. The smallest absolute Gasteiger partial charge is 0.215 e. The molecule has 5 heteroatoms. The number of carbonyl (C=O) groups is 1. The van der Waals surface area contributed by atoms with Crippen molar-refractivity contribution in [2.24, 2.45) is 0 Å². The summed E-state index contributed by atoms with van der Waals surface area (Å²) in [6, 6.07) is 0. The Bertz CT molecular complexity index is 132. The monoisotopic (exact) mass is 163 g/mol. The third kappa shape index (κ3) is 5.55. The molecule has 0 bridgehead atoms. The van der Waals surface area contributed by atoms with Gasteiger partial charge in [0.1, 0.15) is 0 Å².